The fourth-order valence-electron chi connectivity index (χ4n) is 1.80. The lowest BCUT2D eigenvalue weighted by Gasteiger charge is -2.12. The summed E-state index contributed by atoms with van der Waals surface area (Å²) >= 11 is 5.73. The Bertz CT molecular complexity index is 752. The second-order valence-corrected chi connectivity index (χ2v) is 5.13. The summed E-state index contributed by atoms with van der Waals surface area (Å²) in [5, 5.41) is 2.01. The maximum atomic E-state index is 12.7. The van der Waals surface area contributed by atoms with Crippen LogP contribution < -0.4 is 5.32 Å². The van der Waals surface area contributed by atoms with E-state index in [1.54, 1.807) is 0 Å². The summed E-state index contributed by atoms with van der Waals surface area (Å²) in [7, 11) is 0. The van der Waals surface area contributed by atoms with E-state index in [0.717, 1.165) is 24.3 Å². The zero-order valence-electron chi connectivity index (χ0n) is 11.6. The number of hydrogen-bond donors (Lipinski definition) is 1. The zero-order valence-corrected chi connectivity index (χ0v) is 12.4. The minimum absolute atomic E-state index is 0.136. The number of hydrogen-bond acceptors (Lipinski definition) is 1. The number of alkyl halides is 6. The minimum Gasteiger partial charge on any atom is -0.321 e. The van der Waals surface area contributed by atoms with Crippen molar-refractivity contribution in [2.24, 2.45) is 0 Å². The van der Waals surface area contributed by atoms with Gasteiger partial charge in [-0.05, 0) is 42.5 Å². The van der Waals surface area contributed by atoms with Gasteiger partial charge in [-0.1, -0.05) is 11.6 Å². The predicted molar refractivity (Wildman–Crippen MR) is 75.9 cm³/mol. The SMILES string of the molecule is O=C(Nc1cc(C(F)(F)F)ccc1Cl)c1ccc(C(F)(F)F)cc1. The van der Waals surface area contributed by atoms with Crippen molar-refractivity contribution in [1.82, 2.24) is 0 Å². The van der Waals surface area contributed by atoms with Crippen LogP contribution in [0, 0.1) is 0 Å². The van der Waals surface area contributed by atoms with Crippen molar-refractivity contribution < 1.29 is 31.1 Å². The summed E-state index contributed by atoms with van der Waals surface area (Å²) in [6.45, 7) is 0. The van der Waals surface area contributed by atoms with Gasteiger partial charge in [0.2, 0.25) is 0 Å². The minimum atomic E-state index is -4.63. The first-order chi connectivity index (χ1) is 11.0. The highest BCUT2D eigenvalue weighted by Crippen LogP contribution is 2.34. The van der Waals surface area contributed by atoms with Crippen LogP contribution in [0.2, 0.25) is 5.02 Å². The van der Waals surface area contributed by atoms with E-state index < -0.39 is 29.4 Å². The summed E-state index contributed by atoms with van der Waals surface area (Å²) in [6, 6.07) is 5.58. The molecule has 0 fully saturated rings. The van der Waals surface area contributed by atoms with Gasteiger partial charge in [0.15, 0.2) is 0 Å². The van der Waals surface area contributed by atoms with Crippen molar-refractivity contribution in [1.29, 1.82) is 0 Å². The van der Waals surface area contributed by atoms with Gasteiger partial charge in [0.25, 0.3) is 5.91 Å². The molecule has 1 amide bonds. The van der Waals surface area contributed by atoms with Crippen LogP contribution in [0.4, 0.5) is 32.0 Å². The van der Waals surface area contributed by atoms with E-state index >= 15 is 0 Å². The maximum Gasteiger partial charge on any atom is 0.416 e. The molecule has 0 aliphatic carbocycles. The Hall–Kier alpha value is -2.22. The van der Waals surface area contributed by atoms with Crippen LogP contribution in [-0.4, -0.2) is 5.91 Å². The third-order valence-electron chi connectivity index (χ3n) is 3.02. The van der Waals surface area contributed by atoms with Crippen molar-refractivity contribution in [3.8, 4) is 0 Å². The van der Waals surface area contributed by atoms with Crippen molar-refractivity contribution in [2.75, 3.05) is 5.32 Å². The first-order valence-electron chi connectivity index (χ1n) is 6.34. The maximum absolute atomic E-state index is 12.7. The molecule has 24 heavy (non-hydrogen) atoms. The van der Waals surface area contributed by atoms with Gasteiger partial charge in [-0.3, -0.25) is 4.79 Å². The van der Waals surface area contributed by atoms with E-state index in [1.807, 2.05) is 0 Å². The quantitative estimate of drug-likeness (QED) is 0.685. The van der Waals surface area contributed by atoms with Gasteiger partial charge in [0.05, 0.1) is 21.8 Å². The van der Waals surface area contributed by atoms with Gasteiger partial charge in [0, 0.05) is 5.56 Å². The molecule has 0 atom stereocenters. The third-order valence-corrected chi connectivity index (χ3v) is 3.35. The molecule has 0 radical (unpaired) electrons. The smallest absolute Gasteiger partial charge is 0.321 e. The van der Waals surface area contributed by atoms with Crippen LogP contribution in [-0.2, 0) is 12.4 Å². The lowest BCUT2D eigenvalue weighted by molar-refractivity contribution is -0.138. The lowest BCUT2D eigenvalue weighted by atomic mass is 10.1. The molecular weight excluding hydrogens is 360 g/mol. The monoisotopic (exact) mass is 367 g/mol. The molecule has 2 aromatic carbocycles. The summed E-state index contributed by atoms with van der Waals surface area (Å²) in [5.41, 5.74) is -2.42. The Morgan fingerprint density at radius 3 is 1.83 bits per heavy atom. The largest absolute Gasteiger partial charge is 0.416 e. The van der Waals surface area contributed by atoms with Crippen LogP contribution in [0.3, 0.4) is 0 Å². The summed E-state index contributed by atoms with van der Waals surface area (Å²) in [5.74, 6) is -0.884. The lowest BCUT2D eigenvalue weighted by Crippen LogP contribution is -2.14. The fraction of sp³-hybridized carbons (Fsp3) is 0.133. The van der Waals surface area contributed by atoms with Gasteiger partial charge < -0.3 is 5.32 Å². The molecule has 0 unspecified atom stereocenters. The normalized spacial score (nSPS) is 12.1. The first-order valence-corrected chi connectivity index (χ1v) is 6.71. The highest BCUT2D eigenvalue weighted by molar-refractivity contribution is 6.34. The fourth-order valence-corrected chi connectivity index (χ4v) is 1.97. The molecule has 0 aromatic heterocycles. The van der Waals surface area contributed by atoms with E-state index in [-0.39, 0.29) is 16.3 Å². The number of amides is 1. The van der Waals surface area contributed by atoms with Crippen molar-refractivity contribution in [3.63, 3.8) is 0 Å². The average Bonchev–Trinajstić information content (AvgIpc) is 2.47. The highest BCUT2D eigenvalue weighted by atomic mass is 35.5. The molecule has 2 rings (SSSR count). The van der Waals surface area contributed by atoms with Crippen molar-refractivity contribution in [3.05, 3.63) is 64.2 Å². The molecule has 0 spiro atoms. The average molecular weight is 368 g/mol. The predicted octanol–water partition coefficient (Wildman–Crippen LogP) is 5.63. The van der Waals surface area contributed by atoms with Crippen molar-refractivity contribution >= 4 is 23.2 Å². The number of halogens is 7. The van der Waals surface area contributed by atoms with Crippen LogP contribution in [0.25, 0.3) is 0 Å². The molecule has 0 aliphatic heterocycles. The Balaban J connectivity index is 2.24. The molecule has 2 aromatic rings. The van der Waals surface area contributed by atoms with Crippen LogP contribution >= 0.6 is 11.6 Å². The molecule has 0 heterocycles. The number of carbonyl (C=O) groups is 1. The summed E-state index contributed by atoms with van der Waals surface area (Å²) in [4.78, 5) is 12.0. The van der Waals surface area contributed by atoms with E-state index in [4.69, 9.17) is 11.6 Å². The van der Waals surface area contributed by atoms with Gasteiger partial charge in [-0.25, -0.2) is 0 Å². The first kappa shape index (κ1) is 18.1. The number of nitrogens with one attached hydrogen (secondary N) is 1. The Morgan fingerprint density at radius 1 is 0.833 bits per heavy atom. The molecular formula is C15H8ClF6NO. The Labute approximate surface area is 137 Å². The number of anilines is 1. The number of carbonyl (C=O) groups excluding carboxylic acids is 1. The number of rotatable bonds is 2. The van der Waals surface area contributed by atoms with Crippen LogP contribution in [0.5, 0.6) is 0 Å². The molecule has 128 valence electrons. The third kappa shape index (κ3) is 4.19. The molecule has 1 N–H and O–H groups in total. The Morgan fingerprint density at radius 2 is 1.33 bits per heavy atom. The van der Waals surface area contributed by atoms with Gasteiger partial charge in [-0.15, -0.1) is 0 Å². The van der Waals surface area contributed by atoms with Crippen LogP contribution in [0.1, 0.15) is 21.5 Å². The second-order valence-electron chi connectivity index (χ2n) is 4.72. The van der Waals surface area contributed by atoms with Crippen LogP contribution in [0.15, 0.2) is 42.5 Å². The summed E-state index contributed by atoms with van der Waals surface area (Å²) < 4.78 is 75.3. The highest BCUT2D eigenvalue weighted by Gasteiger charge is 2.32. The van der Waals surface area contributed by atoms with E-state index in [0.29, 0.717) is 18.2 Å². The number of benzene rings is 2. The van der Waals surface area contributed by atoms with E-state index in [9.17, 15) is 31.1 Å². The van der Waals surface area contributed by atoms with Gasteiger partial charge in [-0.2, -0.15) is 26.3 Å². The van der Waals surface area contributed by atoms with Crippen molar-refractivity contribution in [2.45, 2.75) is 12.4 Å². The van der Waals surface area contributed by atoms with Gasteiger partial charge >= 0.3 is 12.4 Å². The second kappa shape index (κ2) is 6.35. The standard InChI is InChI=1S/C15H8ClF6NO/c16-11-6-5-10(15(20,21)22)7-12(11)23-13(24)8-1-3-9(4-2-8)14(17,18)19/h1-7H,(H,23,24). The van der Waals surface area contributed by atoms with Gasteiger partial charge in [0.1, 0.15) is 0 Å². The van der Waals surface area contributed by atoms with E-state index in [1.165, 1.54) is 0 Å². The molecule has 0 aliphatic rings. The zero-order chi connectivity index (χ0) is 18.1. The molecule has 0 bridgehead atoms. The van der Waals surface area contributed by atoms with E-state index in [2.05, 4.69) is 5.32 Å². The Kier molecular flexibility index (Phi) is 4.80. The molecule has 9 heteroatoms. The summed E-state index contributed by atoms with van der Waals surface area (Å²) in [6.07, 6.45) is -9.18. The molecule has 0 saturated heterocycles. The molecule has 0 saturated carbocycles. The molecule has 2 nitrogen and oxygen atoms in total. The topological polar surface area (TPSA) is 29.1 Å².